The van der Waals surface area contributed by atoms with Gasteiger partial charge in [-0.3, -0.25) is 24.3 Å². The van der Waals surface area contributed by atoms with E-state index in [1.165, 1.54) is 12.1 Å². The van der Waals surface area contributed by atoms with Crippen molar-refractivity contribution in [3.8, 4) is 0 Å². The predicted molar refractivity (Wildman–Crippen MR) is 125 cm³/mol. The summed E-state index contributed by atoms with van der Waals surface area (Å²) in [6.07, 6.45) is 4.77. The monoisotopic (exact) mass is 488 g/mol. The molecule has 33 heavy (non-hydrogen) atoms. The number of thioether (sulfide) groups is 1. The Bertz CT molecular complexity index is 1150. The van der Waals surface area contributed by atoms with Gasteiger partial charge < -0.3 is 5.32 Å². The van der Waals surface area contributed by atoms with E-state index < -0.39 is 33.1 Å². The quantitative estimate of drug-likeness (QED) is 0.519. The number of rotatable bonds is 9. The molecule has 3 rings (SSSR count). The predicted octanol–water partition coefficient (Wildman–Crippen LogP) is 2.24. The van der Waals surface area contributed by atoms with Gasteiger partial charge >= 0.3 is 0 Å². The summed E-state index contributed by atoms with van der Waals surface area (Å²) >= 11 is 0.819. The molecule has 2 N–H and O–H groups in total. The highest BCUT2D eigenvalue weighted by Crippen LogP contribution is 2.31. The first-order valence-electron chi connectivity index (χ1n) is 10.2. The fraction of sp³-hybridized carbons (Fsp3) is 0.273. The van der Waals surface area contributed by atoms with Crippen LogP contribution in [0.15, 0.2) is 64.7 Å². The fourth-order valence-corrected chi connectivity index (χ4v) is 5.26. The molecule has 2 aromatic rings. The van der Waals surface area contributed by atoms with Gasteiger partial charge in [0, 0.05) is 25.5 Å². The van der Waals surface area contributed by atoms with Gasteiger partial charge in [-0.1, -0.05) is 38.1 Å². The van der Waals surface area contributed by atoms with Crippen LogP contribution in [-0.2, 0) is 19.6 Å². The maximum absolute atomic E-state index is 12.7. The average Bonchev–Trinajstić information content (AvgIpc) is 3.05. The van der Waals surface area contributed by atoms with Gasteiger partial charge in [-0.15, -0.1) is 0 Å². The summed E-state index contributed by atoms with van der Waals surface area (Å²) in [4.78, 5) is 42.9. The van der Waals surface area contributed by atoms with Crippen LogP contribution in [0.25, 0.3) is 6.08 Å². The summed E-state index contributed by atoms with van der Waals surface area (Å²) in [6.45, 7) is 3.40. The highest BCUT2D eigenvalue weighted by molar-refractivity contribution is 8.18. The minimum Gasteiger partial charge on any atom is -0.353 e. The van der Waals surface area contributed by atoms with Crippen molar-refractivity contribution in [3.63, 3.8) is 0 Å². The van der Waals surface area contributed by atoms with Gasteiger partial charge in [0.2, 0.25) is 15.9 Å². The molecule has 1 atom stereocenters. The van der Waals surface area contributed by atoms with Gasteiger partial charge in [0.25, 0.3) is 11.1 Å². The van der Waals surface area contributed by atoms with E-state index in [2.05, 4.69) is 15.0 Å². The molecule has 0 spiro atoms. The van der Waals surface area contributed by atoms with E-state index in [4.69, 9.17) is 0 Å². The van der Waals surface area contributed by atoms with E-state index >= 15 is 0 Å². The normalized spacial score (nSPS) is 16.5. The van der Waals surface area contributed by atoms with Crippen LogP contribution >= 0.6 is 11.8 Å². The molecule has 3 amide bonds. The number of nitrogens with one attached hydrogen (secondary N) is 2. The minimum atomic E-state index is -3.89. The van der Waals surface area contributed by atoms with Crippen LogP contribution in [0.3, 0.4) is 0 Å². The van der Waals surface area contributed by atoms with Crippen molar-refractivity contribution in [2.45, 2.75) is 24.8 Å². The van der Waals surface area contributed by atoms with Crippen molar-refractivity contribution in [2.75, 3.05) is 13.1 Å². The molecular formula is C22H24N4O5S2. The number of aromatic nitrogens is 1. The summed E-state index contributed by atoms with van der Waals surface area (Å²) < 4.78 is 27.6. The molecule has 1 aromatic heterocycles. The standard InChI is InChI=1S/C22H24N4O5S2/c1-15(2)19(25-33(30,31)17-8-4-3-5-9-17)20(27)24-11-12-26-21(28)18(32-22(26)29)13-16-7-6-10-23-14-16/h3-10,13-15,19,25H,11-12H2,1-2H3,(H,24,27). The first-order valence-corrected chi connectivity index (χ1v) is 12.5. The van der Waals surface area contributed by atoms with E-state index in [0.717, 1.165) is 16.7 Å². The molecule has 1 aliphatic rings. The van der Waals surface area contributed by atoms with Crippen molar-refractivity contribution >= 4 is 44.9 Å². The maximum Gasteiger partial charge on any atom is 0.293 e. The van der Waals surface area contributed by atoms with Crippen molar-refractivity contribution in [1.29, 1.82) is 0 Å². The molecule has 0 saturated carbocycles. The molecule has 174 valence electrons. The lowest BCUT2D eigenvalue weighted by Gasteiger charge is -2.22. The lowest BCUT2D eigenvalue weighted by molar-refractivity contribution is -0.125. The molecule has 1 fully saturated rings. The zero-order valence-corrected chi connectivity index (χ0v) is 19.7. The number of hydrogen-bond acceptors (Lipinski definition) is 7. The number of benzene rings is 1. The van der Waals surface area contributed by atoms with E-state index in [1.807, 2.05) is 0 Å². The van der Waals surface area contributed by atoms with E-state index in [-0.39, 0.29) is 28.8 Å². The molecule has 1 aliphatic heterocycles. The zero-order chi connectivity index (χ0) is 24.0. The Kier molecular flexibility index (Phi) is 8.01. The first kappa shape index (κ1) is 24.6. The fourth-order valence-electron chi connectivity index (χ4n) is 3.03. The number of nitrogens with zero attached hydrogens (tertiary/aromatic N) is 2. The van der Waals surface area contributed by atoms with Crippen LogP contribution in [0.1, 0.15) is 19.4 Å². The Hall–Kier alpha value is -3.02. The smallest absolute Gasteiger partial charge is 0.293 e. The number of hydrogen-bond donors (Lipinski definition) is 2. The summed E-state index contributed by atoms with van der Waals surface area (Å²) in [5.74, 6) is -1.32. The van der Waals surface area contributed by atoms with Gasteiger partial charge in [-0.05, 0) is 47.5 Å². The van der Waals surface area contributed by atoms with Gasteiger partial charge in [-0.2, -0.15) is 4.72 Å². The van der Waals surface area contributed by atoms with E-state index in [1.54, 1.807) is 62.6 Å². The van der Waals surface area contributed by atoms with Gasteiger partial charge in [0.1, 0.15) is 6.04 Å². The summed E-state index contributed by atoms with van der Waals surface area (Å²) in [5.41, 5.74) is 0.696. The Morgan fingerprint density at radius 3 is 2.52 bits per heavy atom. The van der Waals surface area contributed by atoms with Gasteiger partial charge in [0.15, 0.2) is 0 Å². The number of pyridine rings is 1. The largest absolute Gasteiger partial charge is 0.353 e. The Morgan fingerprint density at radius 1 is 1.15 bits per heavy atom. The number of carbonyl (C=O) groups excluding carboxylic acids is 3. The third kappa shape index (κ3) is 6.28. The van der Waals surface area contributed by atoms with Crippen LogP contribution in [0.4, 0.5) is 4.79 Å². The SMILES string of the molecule is CC(C)C(NS(=O)(=O)c1ccccc1)C(=O)NCCN1C(=O)SC(=Cc2cccnc2)C1=O. The highest BCUT2D eigenvalue weighted by atomic mass is 32.2. The average molecular weight is 489 g/mol. The Balaban J connectivity index is 1.59. The Morgan fingerprint density at radius 2 is 1.88 bits per heavy atom. The lowest BCUT2D eigenvalue weighted by atomic mass is 10.1. The number of sulfonamides is 1. The van der Waals surface area contributed by atoms with Crippen LogP contribution in [0, 0.1) is 5.92 Å². The van der Waals surface area contributed by atoms with Crippen molar-refractivity contribution in [2.24, 2.45) is 5.92 Å². The molecular weight excluding hydrogens is 464 g/mol. The summed E-state index contributed by atoms with van der Waals surface area (Å²) in [7, 11) is -3.89. The van der Waals surface area contributed by atoms with Crippen LogP contribution in [-0.4, -0.2) is 54.5 Å². The third-order valence-electron chi connectivity index (χ3n) is 4.78. The van der Waals surface area contributed by atoms with Crippen molar-refractivity contribution in [1.82, 2.24) is 19.9 Å². The van der Waals surface area contributed by atoms with Crippen molar-refractivity contribution in [3.05, 3.63) is 65.3 Å². The lowest BCUT2D eigenvalue weighted by Crippen LogP contribution is -2.50. The Labute approximate surface area is 196 Å². The molecule has 2 heterocycles. The number of carbonyl (C=O) groups is 3. The zero-order valence-electron chi connectivity index (χ0n) is 18.1. The topological polar surface area (TPSA) is 126 Å². The molecule has 0 bridgehead atoms. The molecule has 0 aliphatic carbocycles. The summed E-state index contributed by atoms with van der Waals surface area (Å²) in [6, 6.07) is 10.2. The molecule has 0 radical (unpaired) electrons. The van der Waals surface area contributed by atoms with Crippen LogP contribution in [0.2, 0.25) is 0 Å². The highest BCUT2D eigenvalue weighted by Gasteiger charge is 2.35. The molecule has 9 nitrogen and oxygen atoms in total. The van der Waals surface area contributed by atoms with Crippen LogP contribution in [0.5, 0.6) is 0 Å². The second-order valence-electron chi connectivity index (χ2n) is 7.57. The minimum absolute atomic E-state index is 0.00662. The number of imide groups is 1. The number of amides is 3. The summed E-state index contributed by atoms with van der Waals surface area (Å²) in [5, 5.41) is 2.18. The van der Waals surface area contributed by atoms with Crippen LogP contribution < -0.4 is 10.0 Å². The molecule has 1 saturated heterocycles. The second kappa shape index (κ2) is 10.7. The maximum atomic E-state index is 12.7. The molecule has 1 unspecified atom stereocenters. The van der Waals surface area contributed by atoms with Crippen molar-refractivity contribution < 1.29 is 22.8 Å². The second-order valence-corrected chi connectivity index (χ2v) is 10.3. The van der Waals surface area contributed by atoms with Gasteiger partial charge in [-0.25, -0.2) is 8.42 Å². The van der Waals surface area contributed by atoms with E-state index in [0.29, 0.717) is 5.56 Å². The molecule has 11 heteroatoms. The van der Waals surface area contributed by atoms with Gasteiger partial charge in [0.05, 0.1) is 9.80 Å². The molecule has 1 aromatic carbocycles. The van der Waals surface area contributed by atoms with E-state index in [9.17, 15) is 22.8 Å². The third-order valence-corrected chi connectivity index (χ3v) is 7.14. The first-order chi connectivity index (χ1) is 15.7.